The molecule has 11 atom stereocenters. The lowest BCUT2D eigenvalue weighted by Gasteiger charge is -2.51. The Morgan fingerprint density at radius 2 is 0.882 bits per heavy atom. The minimum Gasteiger partial charge on any atom is -0.374 e. The molecule has 0 saturated carbocycles. The van der Waals surface area contributed by atoms with Gasteiger partial charge in [-0.05, 0) is 27.8 Å². The Bertz CT molecular complexity index is 2340. The van der Waals surface area contributed by atoms with Crippen LogP contribution in [0.4, 0.5) is 0 Å². The molecule has 0 N–H and O–H groups in total. The Hall–Kier alpha value is -5.38. The quantitative estimate of drug-likeness (QED) is 0.0609. The first-order chi connectivity index (χ1) is 33.7. The van der Waals surface area contributed by atoms with Gasteiger partial charge in [-0.3, -0.25) is 0 Å². The van der Waals surface area contributed by atoms with E-state index in [1.54, 1.807) is 6.08 Å². The molecule has 9 rings (SSSR count). The second-order valence-corrected chi connectivity index (χ2v) is 17.0. The van der Waals surface area contributed by atoms with Gasteiger partial charge >= 0.3 is 0 Å². The van der Waals surface area contributed by atoms with Crippen molar-refractivity contribution in [3.63, 3.8) is 0 Å². The average Bonchev–Trinajstić information content (AvgIpc) is 3.40. The fraction of sp³-hybridized carbons (Fsp3) is 0.333. The first kappa shape index (κ1) is 47.7. The molecule has 3 aliphatic heterocycles. The minimum atomic E-state index is -1.05. The number of fused-ring (bicyclic) bond motifs is 1. The van der Waals surface area contributed by atoms with Crippen molar-refractivity contribution < 1.29 is 52.1 Å². The van der Waals surface area contributed by atoms with Crippen LogP contribution in [-0.4, -0.2) is 81.2 Å². The highest BCUT2D eigenvalue weighted by Crippen LogP contribution is 2.40. The van der Waals surface area contributed by atoms with Crippen LogP contribution in [0.1, 0.15) is 39.7 Å². The van der Waals surface area contributed by atoms with Crippen molar-refractivity contribution in [2.24, 2.45) is 0 Å². The smallest absolute Gasteiger partial charge is 0.187 e. The topological polar surface area (TPSA) is 102 Å². The normalized spacial score (nSPS) is 27.0. The van der Waals surface area contributed by atoms with E-state index < -0.39 is 67.7 Å². The van der Waals surface area contributed by atoms with E-state index in [1.807, 2.05) is 182 Å². The van der Waals surface area contributed by atoms with E-state index in [1.165, 1.54) is 0 Å². The van der Waals surface area contributed by atoms with Crippen LogP contribution >= 0.6 is 0 Å². The number of hydrogen-bond donors (Lipinski definition) is 0. The standard InChI is InChI=1S/C57H60O11/c1-2-33-59-56-53(62-37-44-27-15-6-16-28-44)51(60-35-42-23-11-4-12-24-42)49(47(65-56)39-58-34-41-21-9-3-10-22-41)68-57-54(63-38-45-29-17-7-18-30-45)52(61-36-43-25-13-5-14-26-43)50-48(66-57)40-64-55(67-50)46-31-19-8-20-32-46/h2-32,47-57H,1,33-40H2/t47-,48-,49-,50+,51+,52+,53-,54-,55+,56?,57+/m1/s1. The van der Waals surface area contributed by atoms with Crippen molar-refractivity contribution in [3.05, 3.63) is 228 Å². The molecule has 3 aliphatic rings. The molecule has 68 heavy (non-hydrogen) atoms. The minimum absolute atomic E-state index is 0.122. The fourth-order valence-corrected chi connectivity index (χ4v) is 8.73. The maximum absolute atomic E-state index is 7.40. The van der Waals surface area contributed by atoms with E-state index in [4.69, 9.17) is 52.1 Å². The molecule has 11 nitrogen and oxygen atoms in total. The maximum Gasteiger partial charge on any atom is 0.187 e. The van der Waals surface area contributed by atoms with Gasteiger partial charge in [-0.15, -0.1) is 6.58 Å². The van der Waals surface area contributed by atoms with Gasteiger partial charge in [-0.25, -0.2) is 0 Å². The molecule has 0 spiro atoms. The fourth-order valence-electron chi connectivity index (χ4n) is 8.73. The number of ether oxygens (including phenoxy) is 11. The molecule has 0 aromatic heterocycles. The van der Waals surface area contributed by atoms with Gasteiger partial charge in [0.25, 0.3) is 0 Å². The van der Waals surface area contributed by atoms with Crippen LogP contribution in [0.3, 0.4) is 0 Å². The van der Waals surface area contributed by atoms with Crippen LogP contribution < -0.4 is 0 Å². The SMILES string of the molecule is C=CCOC1O[C@H](COCc2ccccc2)[C@@H](O[C@@H]2O[C@@H]3CO[C@H](c4ccccc4)O[C@@H]3[C@H](OCc3ccccc3)[C@H]2OCc2ccccc2)[C@H](OCc2ccccc2)[C@H]1OCc1ccccc1. The second-order valence-electron chi connectivity index (χ2n) is 17.0. The van der Waals surface area contributed by atoms with E-state index in [2.05, 4.69) is 6.58 Å². The zero-order valence-electron chi connectivity index (χ0n) is 38.1. The van der Waals surface area contributed by atoms with Gasteiger partial charge < -0.3 is 52.1 Å². The molecule has 6 aromatic carbocycles. The molecule has 3 saturated heterocycles. The molecule has 354 valence electrons. The largest absolute Gasteiger partial charge is 0.374 e. The van der Waals surface area contributed by atoms with Crippen molar-refractivity contribution in [3.8, 4) is 0 Å². The third-order valence-corrected chi connectivity index (χ3v) is 12.2. The summed E-state index contributed by atoms with van der Waals surface area (Å²) in [5, 5.41) is 0. The summed E-state index contributed by atoms with van der Waals surface area (Å²) in [4.78, 5) is 0. The summed E-state index contributed by atoms with van der Waals surface area (Å²) in [6.07, 6.45) is -6.79. The Labute approximate surface area is 399 Å². The van der Waals surface area contributed by atoms with Crippen molar-refractivity contribution in [1.82, 2.24) is 0 Å². The first-order valence-corrected chi connectivity index (χ1v) is 23.4. The van der Waals surface area contributed by atoms with Crippen molar-refractivity contribution in [1.29, 1.82) is 0 Å². The van der Waals surface area contributed by atoms with Crippen LogP contribution in [0.2, 0.25) is 0 Å². The second kappa shape index (κ2) is 24.8. The van der Waals surface area contributed by atoms with E-state index in [-0.39, 0.29) is 46.2 Å². The lowest BCUT2D eigenvalue weighted by molar-refractivity contribution is -0.397. The van der Waals surface area contributed by atoms with Crippen LogP contribution in [0.25, 0.3) is 0 Å². The summed E-state index contributed by atoms with van der Waals surface area (Å²) in [7, 11) is 0. The Morgan fingerprint density at radius 3 is 1.38 bits per heavy atom. The highest BCUT2D eigenvalue weighted by atomic mass is 16.8. The maximum atomic E-state index is 7.40. The van der Waals surface area contributed by atoms with Crippen LogP contribution in [0, 0.1) is 0 Å². The average molecular weight is 921 g/mol. The van der Waals surface area contributed by atoms with Gasteiger partial charge in [0.15, 0.2) is 18.9 Å². The summed E-state index contributed by atoms with van der Waals surface area (Å²) >= 11 is 0. The van der Waals surface area contributed by atoms with E-state index in [0.717, 1.165) is 33.4 Å². The van der Waals surface area contributed by atoms with E-state index in [9.17, 15) is 0 Å². The van der Waals surface area contributed by atoms with Gasteiger partial charge in [0.2, 0.25) is 0 Å². The van der Waals surface area contributed by atoms with Crippen LogP contribution in [-0.2, 0) is 85.1 Å². The molecule has 6 aromatic rings. The summed E-state index contributed by atoms with van der Waals surface area (Å²) in [6, 6.07) is 60.0. The number of benzene rings is 6. The summed E-state index contributed by atoms with van der Waals surface area (Å²) in [6.45, 7) is 5.85. The van der Waals surface area contributed by atoms with Gasteiger partial charge in [-0.2, -0.15) is 0 Å². The molecular formula is C57H60O11. The Balaban J connectivity index is 1.09. The Kier molecular flexibility index (Phi) is 17.4. The van der Waals surface area contributed by atoms with Gasteiger partial charge in [0, 0.05) is 5.56 Å². The molecule has 11 heteroatoms. The number of rotatable bonds is 22. The molecule has 0 amide bonds. The van der Waals surface area contributed by atoms with E-state index >= 15 is 0 Å². The zero-order valence-corrected chi connectivity index (χ0v) is 38.1. The summed E-state index contributed by atoms with van der Waals surface area (Å²) < 4.78 is 75.3. The highest BCUT2D eigenvalue weighted by molar-refractivity contribution is 5.19. The molecule has 0 aliphatic carbocycles. The van der Waals surface area contributed by atoms with Crippen molar-refractivity contribution in [2.75, 3.05) is 19.8 Å². The molecule has 3 fully saturated rings. The predicted octanol–water partition coefficient (Wildman–Crippen LogP) is 9.70. The molecule has 0 bridgehead atoms. The molecule has 3 heterocycles. The molecular weight excluding hydrogens is 861 g/mol. The van der Waals surface area contributed by atoms with Crippen LogP contribution in [0.15, 0.2) is 195 Å². The van der Waals surface area contributed by atoms with Crippen molar-refractivity contribution in [2.45, 2.75) is 101 Å². The van der Waals surface area contributed by atoms with Crippen molar-refractivity contribution >= 4 is 0 Å². The highest BCUT2D eigenvalue weighted by Gasteiger charge is 2.56. The zero-order chi connectivity index (χ0) is 46.2. The van der Waals surface area contributed by atoms with Gasteiger partial charge in [-0.1, -0.05) is 188 Å². The number of hydrogen-bond acceptors (Lipinski definition) is 11. The summed E-state index contributed by atoms with van der Waals surface area (Å²) in [5.74, 6) is 0. The summed E-state index contributed by atoms with van der Waals surface area (Å²) in [5.41, 5.74) is 5.82. The molecule has 0 radical (unpaired) electrons. The monoisotopic (exact) mass is 920 g/mol. The third kappa shape index (κ3) is 12.8. The molecule has 1 unspecified atom stereocenters. The van der Waals surface area contributed by atoms with Gasteiger partial charge in [0.05, 0.1) is 52.9 Å². The Morgan fingerprint density at radius 1 is 0.441 bits per heavy atom. The first-order valence-electron chi connectivity index (χ1n) is 23.4. The van der Waals surface area contributed by atoms with Crippen LogP contribution in [0.5, 0.6) is 0 Å². The lowest BCUT2D eigenvalue weighted by Crippen LogP contribution is -2.67. The van der Waals surface area contributed by atoms with E-state index in [0.29, 0.717) is 6.61 Å². The van der Waals surface area contributed by atoms with Gasteiger partial charge in [0.1, 0.15) is 48.8 Å². The lowest BCUT2D eigenvalue weighted by atomic mass is 9.95. The predicted molar refractivity (Wildman–Crippen MR) is 255 cm³/mol. The third-order valence-electron chi connectivity index (χ3n) is 12.2.